The molecule has 5 rings (SSSR count). The number of anilines is 1. The molecule has 0 saturated heterocycles. The number of fused-ring (bicyclic) bond motifs is 3. The molecule has 8 heteroatoms. The van der Waals surface area contributed by atoms with Gasteiger partial charge in [-0.1, -0.05) is 51.8 Å². The zero-order valence-electron chi connectivity index (χ0n) is 16.8. The van der Waals surface area contributed by atoms with Gasteiger partial charge in [0, 0.05) is 32.4 Å². The highest BCUT2D eigenvalue weighted by atomic mass is 79.9. The molecule has 3 aromatic carbocycles. The Hall–Kier alpha value is -1.73. The molecule has 0 spiro atoms. The number of para-hydroxylation sites is 1. The molecule has 1 aliphatic heterocycles. The fraction of sp³-hybridized carbons (Fsp3) is 0.250. The van der Waals surface area contributed by atoms with Crippen LogP contribution in [0, 0.1) is 16.0 Å². The van der Waals surface area contributed by atoms with Gasteiger partial charge in [0.05, 0.1) is 21.2 Å². The molecule has 0 aromatic heterocycles. The van der Waals surface area contributed by atoms with E-state index in [9.17, 15) is 10.1 Å². The number of alkyl halides is 1. The van der Waals surface area contributed by atoms with E-state index in [1.807, 2.05) is 42.5 Å². The van der Waals surface area contributed by atoms with Gasteiger partial charge in [-0.25, -0.2) is 0 Å². The minimum atomic E-state index is -0.325. The van der Waals surface area contributed by atoms with Gasteiger partial charge in [0.1, 0.15) is 0 Å². The highest BCUT2D eigenvalue weighted by molar-refractivity contribution is 9.10. The molecule has 32 heavy (non-hydrogen) atoms. The molecule has 5 atom stereocenters. The maximum atomic E-state index is 11.5. The maximum Gasteiger partial charge on any atom is 0.282 e. The minimum absolute atomic E-state index is 0.0363. The van der Waals surface area contributed by atoms with E-state index < -0.39 is 0 Å². The fourth-order valence-electron chi connectivity index (χ4n) is 4.99. The standard InChI is InChI=1S/C24H19BrCl2N2O2S/c25-14-5-3-4-13(10-14)24-17-12-21(32-20-7-2-1-6-19(20)29(30)31)23(27)22(17)16-11-15(26)8-9-18(16)28-24/h1-11,17,21-24,28H,12H2/t17-,21+,22-,23+,24-/m0/s1. The van der Waals surface area contributed by atoms with Crippen molar-refractivity contribution in [2.24, 2.45) is 5.92 Å². The summed E-state index contributed by atoms with van der Waals surface area (Å²) in [6, 6.07) is 21.2. The molecule has 0 bridgehead atoms. The lowest BCUT2D eigenvalue weighted by Gasteiger charge is -2.38. The van der Waals surface area contributed by atoms with E-state index in [0.717, 1.165) is 22.1 Å². The Morgan fingerprint density at radius 3 is 2.69 bits per heavy atom. The zero-order valence-corrected chi connectivity index (χ0v) is 20.7. The highest BCUT2D eigenvalue weighted by Crippen LogP contribution is 2.58. The first-order valence-corrected chi connectivity index (χ1v) is 12.8. The molecular formula is C24H19BrCl2N2O2S. The highest BCUT2D eigenvalue weighted by Gasteiger charge is 2.50. The predicted molar refractivity (Wildman–Crippen MR) is 135 cm³/mol. The van der Waals surface area contributed by atoms with Crippen molar-refractivity contribution in [3.05, 3.63) is 97.5 Å². The van der Waals surface area contributed by atoms with Crippen LogP contribution in [0.15, 0.2) is 76.1 Å². The number of thioether (sulfide) groups is 1. The summed E-state index contributed by atoms with van der Waals surface area (Å²) >= 11 is 18.6. The second-order valence-corrected chi connectivity index (χ2v) is 11.3. The third-order valence-electron chi connectivity index (χ3n) is 6.32. The van der Waals surface area contributed by atoms with Crippen molar-refractivity contribution < 1.29 is 4.92 Å². The first kappa shape index (κ1) is 22.1. The Balaban J connectivity index is 1.54. The molecule has 0 unspecified atom stereocenters. The Kier molecular flexibility index (Phi) is 6.14. The van der Waals surface area contributed by atoms with E-state index >= 15 is 0 Å². The molecule has 0 amide bonds. The van der Waals surface area contributed by atoms with Crippen molar-refractivity contribution >= 4 is 62.3 Å². The van der Waals surface area contributed by atoms with E-state index in [-0.39, 0.29) is 39.1 Å². The summed E-state index contributed by atoms with van der Waals surface area (Å²) in [5, 5.41) is 15.8. The summed E-state index contributed by atoms with van der Waals surface area (Å²) in [7, 11) is 0. The number of nitro benzene ring substituents is 1. The molecule has 2 aliphatic rings. The van der Waals surface area contributed by atoms with Crippen molar-refractivity contribution in [3.63, 3.8) is 0 Å². The summed E-state index contributed by atoms with van der Waals surface area (Å²) in [6.07, 6.45) is 0.839. The van der Waals surface area contributed by atoms with Crippen molar-refractivity contribution in [1.82, 2.24) is 0 Å². The molecule has 1 heterocycles. The third kappa shape index (κ3) is 4.03. The van der Waals surface area contributed by atoms with Gasteiger partial charge in [-0.15, -0.1) is 23.4 Å². The average Bonchev–Trinajstić information content (AvgIpc) is 3.10. The average molecular weight is 550 g/mol. The SMILES string of the molecule is O=[N+]([O-])c1ccccc1S[C@@H]1C[C@H]2[C@H](c3cc(Cl)ccc3N[C@H]2c2cccc(Br)c2)[C@@H]1Cl. The third-order valence-corrected chi connectivity index (χ3v) is 9.16. The van der Waals surface area contributed by atoms with Crippen LogP contribution in [0.25, 0.3) is 0 Å². The predicted octanol–water partition coefficient (Wildman–Crippen LogP) is 8.05. The molecule has 1 N–H and O–H groups in total. The van der Waals surface area contributed by atoms with E-state index in [2.05, 4.69) is 33.4 Å². The van der Waals surface area contributed by atoms with Gasteiger partial charge >= 0.3 is 0 Å². The van der Waals surface area contributed by atoms with Gasteiger partial charge in [-0.3, -0.25) is 10.1 Å². The van der Waals surface area contributed by atoms with Crippen molar-refractivity contribution in [2.45, 2.75) is 33.9 Å². The molecular weight excluding hydrogens is 531 g/mol. The van der Waals surface area contributed by atoms with Crippen molar-refractivity contribution in [3.8, 4) is 0 Å². The Labute approximate surface area is 209 Å². The summed E-state index contributed by atoms with van der Waals surface area (Å²) in [5.74, 6) is 0.328. The number of hydrogen-bond acceptors (Lipinski definition) is 4. The van der Waals surface area contributed by atoms with Crippen LogP contribution in [0.2, 0.25) is 5.02 Å². The Morgan fingerprint density at radius 1 is 1.09 bits per heavy atom. The normalized spacial score (nSPS) is 26.2. The monoisotopic (exact) mass is 548 g/mol. The summed E-state index contributed by atoms with van der Waals surface area (Å²) < 4.78 is 1.03. The second kappa shape index (κ2) is 8.90. The molecule has 0 radical (unpaired) electrons. The lowest BCUT2D eigenvalue weighted by atomic mass is 9.77. The quantitative estimate of drug-likeness (QED) is 0.203. The largest absolute Gasteiger partial charge is 0.378 e. The molecule has 4 nitrogen and oxygen atoms in total. The van der Waals surface area contributed by atoms with Gasteiger partial charge < -0.3 is 5.32 Å². The van der Waals surface area contributed by atoms with Crippen LogP contribution in [-0.4, -0.2) is 15.6 Å². The topological polar surface area (TPSA) is 55.2 Å². The number of nitrogens with one attached hydrogen (secondary N) is 1. The van der Waals surface area contributed by atoms with E-state index in [4.69, 9.17) is 23.2 Å². The second-order valence-electron chi connectivity index (χ2n) is 8.16. The first-order chi connectivity index (χ1) is 15.4. The van der Waals surface area contributed by atoms with Crippen LogP contribution in [-0.2, 0) is 0 Å². The van der Waals surface area contributed by atoms with Gasteiger partial charge in [0.2, 0.25) is 0 Å². The number of halogens is 3. The molecule has 164 valence electrons. The van der Waals surface area contributed by atoms with Crippen LogP contribution in [0.1, 0.15) is 29.5 Å². The van der Waals surface area contributed by atoms with E-state index in [0.29, 0.717) is 9.92 Å². The zero-order chi connectivity index (χ0) is 22.4. The van der Waals surface area contributed by atoms with E-state index in [1.54, 1.807) is 12.1 Å². The lowest BCUT2D eigenvalue weighted by Crippen LogP contribution is -2.31. The van der Waals surface area contributed by atoms with Crippen LogP contribution >= 0.6 is 50.9 Å². The number of hydrogen-bond donors (Lipinski definition) is 1. The fourth-order valence-corrected chi connectivity index (χ4v) is 7.53. The van der Waals surface area contributed by atoms with Gasteiger partial charge in [-0.05, 0) is 59.9 Å². The van der Waals surface area contributed by atoms with Gasteiger partial charge in [-0.2, -0.15) is 0 Å². The van der Waals surface area contributed by atoms with Crippen molar-refractivity contribution in [1.29, 1.82) is 0 Å². The first-order valence-electron chi connectivity index (χ1n) is 10.3. The number of nitro groups is 1. The lowest BCUT2D eigenvalue weighted by molar-refractivity contribution is -0.387. The summed E-state index contributed by atoms with van der Waals surface area (Å²) in [4.78, 5) is 11.9. The van der Waals surface area contributed by atoms with Gasteiger partial charge in [0.15, 0.2) is 0 Å². The number of benzene rings is 3. The van der Waals surface area contributed by atoms with Crippen LogP contribution in [0.3, 0.4) is 0 Å². The van der Waals surface area contributed by atoms with Crippen molar-refractivity contribution in [2.75, 3.05) is 5.32 Å². The minimum Gasteiger partial charge on any atom is -0.378 e. The molecule has 1 aliphatic carbocycles. The van der Waals surface area contributed by atoms with Crippen LogP contribution in [0.5, 0.6) is 0 Å². The molecule has 1 fully saturated rings. The molecule has 3 aromatic rings. The number of nitrogens with zero attached hydrogens (tertiary/aromatic N) is 1. The van der Waals surface area contributed by atoms with E-state index in [1.165, 1.54) is 17.3 Å². The summed E-state index contributed by atoms with van der Waals surface area (Å²) in [6.45, 7) is 0. The molecule has 1 saturated carbocycles. The van der Waals surface area contributed by atoms with Crippen LogP contribution < -0.4 is 5.32 Å². The smallest absolute Gasteiger partial charge is 0.282 e. The number of rotatable bonds is 4. The summed E-state index contributed by atoms with van der Waals surface area (Å²) in [5.41, 5.74) is 3.48. The van der Waals surface area contributed by atoms with Gasteiger partial charge in [0.25, 0.3) is 5.69 Å². The Bertz CT molecular complexity index is 1190. The van der Waals surface area contributed by atoms with Crippen LogP contribution in [0.4, 0.5) is 11.4 Å². The Morgan fingerprint density at radius 2 is 1.91 bits per heavy atom. The maximum absolute atomic E-state index is 11.5.